The Kier molecular flexibility index (Phi) is 4.18. The lowest BCUT2D eigenvalue weighted by Crippen LogP contribution is -2.42. The zero-order valence-corrected chi connectivity index (χ0v) is 12.2. The molecule has 106 valence electrons. The summed E-state index contributed by atoms with van der Waals surface area (Å²) >= 11 is -1.27. The zero-order valence-electron chi connectivity index (χ0n) is 11.4. The minimum absolute atomic E-state index is 0.284. The van der Waals surface area contributed by atoms with E-state index in [-0.39, 0.29) is 12.0 Å². The molecular formula is C14H19F2NOS. The average Bonchev–Trinajstić information content (AvgIpc) is 3.08. The number of hydrogen-bond acceptors (Lipinski definition) is 2. The molecule has 0 bridgehead atoms. The van der Waals surface area contributed by atoms with Gasteiger partial charge >= 0.3 is 0 Å². The normalized spacial score (nSPS) is 19.3. The van der Waals surface area contributed by atoms with Crippen LogP contribution in [0.1, 0.15) is 45.2 Å². The van der Waals surface area contributed by atoms with Crippen molar-refractivity contribution < 1.29 is 13.3 Å². The molecule has 0 heterocycles. The highest BCUT2D eigenvalue weighted by Crippen LogP contribution is 2.42. The van der Waals surface area contributed by atoms with Gasteiger partial charge in [-0.3, -0.25) is 0 Å². The molecular weight excluding hydrogens is 268 g/mol. The second-order valence-corrected chi connectivity index (χ2v) is 7.98. The fourth-order valence-electron chi connectivity index (χ4n) is 1.89. The smallest absolute Gasteiger partial charge is 0.136 e. The summed E-state index contributed by atoms with van der Waals surface area (Å²) < 4.78 is 41.6. The molecule has 1 aliphatic carbocycles. The van der Waals surface area contributed by atoms with Crippen molar-refractivity contribution in [1.82, 2.24) is 4.72 Å². The Morgan fingerprint density at radius 2 is 1.95 bits per heavy atom. The van der Waals surface area contributed by atoms with Gasteiger partial charge in [-0.2, -0.15) is 0 Å². The van der Waals surface area contributed by atoms with E-state index >= 15 is 0 Å². The van der Waals surface area contributed by atoms with Crippen molar-refractivity contribution in [2.75, 3.05) is 0 Å². The SMILES string of the molecule is CC(C)(C)[S+]([O-])NC(c1ccc(F)cc1F)C1CC1. The van der Waals surface area contributed by atoms with Crippen molar-refractivity contribution in [3.63, 3.8) is 0 Å². The number of halogens is 2. The summed E-state index contributed by atoms with van der Waals surface area (Å²) in [5.41, 5.74) is 0.404. The molecule has 2 unspecified atom stereocenters. The Labute approximate surface area is 115 Å². The summed E-state index contributed by atoms with van der Waals surface area (Å²) in [5.74, 6) is -0.880. The lowest BCUT2D eigenvalue weighted by Gasteiger charge is -2.28. The van der Waals surface area contributed by atoms with E-state index in [1.54, 1.807) is 0 Å². The van der Waals surface area contributed by atoms with Gasteiger partial charge in [0, 0.05) is 23.0 Å². The van der Waals surface area contributed by atoms with Gasteiger partial charge in [0.15, 0.2) is 0 Å². The molecule has 1 aromatic rings. The summed E-state index contributed by atoms with van der Waals surface area (Å²) in [5, 5.41) is 0. The van der Waals surface area contributed by atoms with Crippen LogP contribution in [0.4, 0.5) is 8.78 Å². The van der Waals surface area contributed by atoms with Crippen LogP contribution in [0.25, 0.3) is 0 Å². The number of rotatable bonds is 4. The van der Waals surface area contributed by atoms with Crippen LogP contribution >= 0.6 is 0 Å². The molecule has 0 spiro atoms. The van der Waals surface area contributed by atoms with E-state index in [0.717, 1.165) is 18.9 Å². The Morgan fingerprint density at radius 1 is 1.32 bits per heavy atom. The third kappa shape index (κ3) is 3.68. The monoisotopic (exact) mass is 287 g/mol. The largest absolute Gasteiger partial charge is 0.598 e. The molecule has 0 radical (unpaired) electrons. The molecule has 2 atom stereocenters. The van der Waals surface area contributed by atoms with Crippen LogP contribution in [0, 0.1) is 17.6 Å². The summed E-state index contributed by atoms with van der Waals surface area (Å²) in [6.45, 7) is 5.59. The van der Waals surface area contributed by atoms with Gasteiger partial charge in [-0.25, -0.2) is 8.78 Å². The first kappa shape index (κ1) is 14.8. The third-order valence-electron chi connectivity index (χ3n) is 3.18. The topological polar surface area (TPSA) is 35.1 Å². The molecule has 1 saturated carbocycles. The van der Waals surface area contributed by atoms with Gasteiger partial charge in [0.25, 0.3) is 0 Å². The number of nitrogens with one attached hydrogen (secondary N) is 1. The van der Waals surface area contributed by atoms with Crippen LogP contribution in [0.3, 0.4) is 0 Å². The molecule has 1 aromatic carbocycles. The van der Waals surface area contributed by atoms with Crippen LogP contribution in [0.5, 0.6) is 0 Å². The standard InChI is InChI=1S/C14H19F2NOS/c1-14(2,3)19(18)17-13(9-4-5-9)11-7-6-10(15)8-12(11)16/h6-9,13,17H,4-5H2,1-3H3. The molecule has 0 amide bonds. The second-order valence-electron chi connectivity index (χ2n) is 5.98. The van der Waals surface area contributed by atoms with E-state index < -0.39 is 27.7 Å². The van der Waals surface area contributed by atoms with Crippen LogP contribution < -0.4 is 4.72 Å². The van der Waals surface area contributed by atoms with Crippen LogP contribution in [0.15, 0.2) is 18.2 Å². The van der Waals surface area contributed by atoms with Crippen molar-refractivity contribution in [3.8, 4) is 0 Å². The van der Waals surface area contributed by atoms with Gasteiger partial charge in [-0.1, -0.05) is 6.07 Å². The second kappa shape index (κ2) is 5.38. The van der Waals surface area contributed by atoms with Crippen molar-refractivity contribution in [3.05, 3.63) is 35.4 Å². The highest BCUT2D eigenvalue weighted by molar-refractivity contribution is 7.90. The summed E-state index contributed by atoms with van der Waals surface area (Å²) in [6.07, 6.45) is 1.96. The Morgan fingerprint density at radius 3 is 2.42 bits per heavy atom. The number of hydrogen-bond donors (Lipinski definition) is 1. The first-order valence-electron chi connectivity index (χ1n) is 6.42. The Hall–Kier alpha value is -0.650. The van der Waals surface area contributed by atoms with Gasteiger partial charge in [0.05, 0.1) is 6.04 Å². The van der Waals surface area contributed by atoms with Crippen LogP contribution in [-0.2, 0) is 11.4 Å². The first-order chi connectivity index (χ1) is 8.79. The fourth-order valence-corrected chi connectivity index (χ4v) is 2.79. The lowest BCUT2D eigenvalue weighted by atomic mass is 10.0. The molecule has 2 nitrogen and oxygen atoms in total. The highest BCUT2D eigenvalue weighted by Gasteiger charge is 2.39. The predicted molar refractivity (Wildman–Crippen MR) is 72.9 cm³/mol. The molecule has 0 saturated heterocycles. The zero-order chi connectivity index (χ0) is 14.2. The molecule has 19 heavy (non-hydrogen) atoms. The van der Waals surface area contributed by atoms with Crippen molar-refractivity contribution >= 4 is 11.4 Å². The van der Waals surface area contributed by atoms with E-state index in [1.807, 2.05) is 20.8 Å². The van der Waals surface area contributed by atoms with Crippen LogP contribution in [0.2, 0.25) is 0 Å². The minimum Gasteiger partial charge on any atom is -0.598 e. The predicted octanol–water partition coefficient (Wildman–Crippen LogP) is 3.47. The van der Waals surface area contributed by atoms with E-state index in [0.29, 0.717) is 5.56 Å². The van der Waals surface area contributed by atoms with Gasteiger partial charge in [0.1, 0.15) is 16.4 Å². The first-order valence-corrected chi connectivity index (χ1v) is 7.57. The maximum absolute atomic E-state index is 13.9. The van der Waals surface area contributed by atoms with Gasteiger partial charge in [-0.05, 0) is 45.6 Å². The summed E-state index contributed by atoms with van der Waals surface area (Å²) in [4.78, 5) is 0. The maximum Gasteiger partial charge on any atom is 0.136 e. The van der Waals surface area contributed by atoms with Crippen molar-refractivity contribution in [2.24, 2.45) is 5.92 Å². The van der Waals surface area contributed by atoms with E-state index in [2.05, 4.69) is 4.72 Å². The quantitative estimate of drug-likeness (QED) is 0.861. The van der Waals surface area contributed by atoms with E-state index in [1.165, 1.54) is 12.1 Å². The van der Waals surface area contributed by atoms with Gasteiger partial charge < -0.3 is 4.55 Å². The highest BCUT2D eigenvalue weighted by atomic mass is 32.2. The lowest BCUT2D eigenvalue weighted by molar-refractivity contribution is 0.483. The summed E-state index contributed by atoms with van der Waals surface area (Å²) in [6, 6.07) is 3.27. The maximum atomic E-state index is 13.9. The Bertz CT molecular complexity index is 457. The average molecular weight is 287 g/mol. The molecule has 2 rings (SSSR count). The number of benzene rings is 1. The van der Waals surface area contributed by atoms with Gasteiger partial charge in [0.2, 0.25) is 0 Å². The van der Waals surface area contributed by atoms with E-state index in [4.69, 9.17) is 0 Å². The molecule has 0 aliphatic heterocycles. The molecule has 1 fully saturated rings. The molecule has 1 N–H and O–H groups in total. The molecule has 0 aromatic heterocycles. The van der Waals surface area contributed by atoms with Crippen molar-refractivity contribution in [1.29, 1.82) is 0 Å². The van der Waals surface area contributed by atoms with E-state index in [9.17, 15) is 13.3 Å². The fraction of sp³-hybridized carbons (Fsp3) is 0.571. The minimum atomic E-state index is -1.27. The van der Waals surface area contributed by atoms with Gasteiger partial charge in [-0.15, -0.1) is 4.72 Å². The van der Waals surface area contributed by atoms with Crippen molar-refractivity contribution in [2.45, 2.75) is 44.4 Å². The molecule has 1 aliphatic rings. The molecule has 5 heteroatoms. The third-order valence-corrected chi connectivity index (χ3v) is 4.76. The summed E-state index contributed by atoms with van der Waals surface area (Å²) in [7, 11) is 0. The van der Waals surface area contributed by atoms with Crippen LogP contribution in [-0.4, -0.2) is 9.30 Å². The Balaban J connectivity index is 2.21.